The Hall–Kier alpha value is -3.50. The molecule has 2 aromatic rings. The Balaban J connectivity index is 1.74. The van der Waals surface area contributed by atoms with Crippen molar-refractivity contribution < 1.29 is 33.0 Å². The van der Waals surface area contributed by atoms with Crippen LogP contribution in [-0.2, 0) is 29.0 Å². The van der Waals surface area contributed by atoms with Gasteiger partial charge in [0.1, 0.15) is 23.1 Å². The average Bonchev–Trinajstić information content (AvgIpc) is 3.13. The second-order valence-corrected chi connectivity index (χ2v) is 8.84. The summed E-state index contributed by atoms with van der Waals surface area (Å²) < 4.78 is 34.7. The third kappa shape index (κ3) is 6.50. The van der Waals surface area contributed by atoms with Gasteiger partial charge in [-0.2, -0.15) is 0 Å². The van der Waals surface area contributed by atoms with E-state index in [0.717, 1.165) is 18.2 Å². The van der Waals surface area contributed by atoms with Crippen molar-refractivity contribution in [3.05, 3.63) is 53.1 Å². The number of nitrogens with one attached hydrogen (secondary N) is 1. The Morgan fingerprint density at radius 3 is 2.64 bits per heavy atom. The lowest BCUT2D eigenvalue weighted by Gasteiger charge is -2.30. The van der Waals surface area contributed by atoms with Crippen molar-refractivity contribution in [2.24, 2.45) is 0 Å². The van der Waals surface area contributed by atoms with Gasteiger partial charge in [0.05, 0.1) is 6.54 Å². The molecule has 0 fully saturated rings. The molecule has 0 saturated heterocycles. The van der Waals surface area contributed by atoms with Crippen molar-refractivity contribution in [1.82, 2.24) is 19.8 Å². The first-order chi connectivity index (χ1) is 15.4. The van der Waals surface area contributed by atoms with Gasteiger partial charge in [0.2, 0.25) is 5.91 Å². The summed E-state index contributed by atoms with van der Waals surface area (Å²) in [6.45, 7) is 5.82. The van der Waals surface area contributed by atoms with Crippen molar-refractivity contribution in [2.75, 3.05) is 6.54 Å². The predicted molar refractivity (Wildman–Crippen MR) is 112 cm³/mol. The number of hydrogen-bond donors (Lipinski definition) is 2. The van der Waals surface area contributed by atoms with Crippen LogP contribution in [0, 0.1) is 11.6 Å². The van der Waals surface area contributed by atoms with E-state index in [0.29, 0.717) is 18.9 Å². The molecule has 0 aliphatic carbocycles. The van der Waals surface area contributed by atoms with Crippen LogP contribution in [0.3, 0.4) is 0 Å². The van der Waals surface area contributed by atoms with Crippen LogP contribution in [-0.4, -0.2) is 55.7 Å². The number of fused-ring (bicyclic) bond motifs is 1. The number of carboxylic acid groups (broad SMARTS) is 1. The monoisotopic (exact) mass is 464 g/mol. The van der Waals surface area contributed by atoms with Crippen LogP contribution in [0.25, 0.3) is 0 Å². The van der Waals surface area contributed by atoms with Crippen molar-refractivity contribution in [1.29, 1.82) is 0 Å². The van der Waals surface area contributed by atoms with E-state index in [2.05, 4.69) is 10.3 Å². The Kier molecular flexibility index (Phi) is 6.99. The summed E-state index contributed by atoms with van der Waals surface area (Å²) in [5.41, 5.74) is -0.872. The minimum atomic E-state index is -1.16. The molecule has 2 amide bonds. The molecule has 1 aliphatic heterocycles. The van der Waals surface area contributed by atoms with Gasteiger partial charge < -0.3 is 24.6 Å². The van der Waals surface area contributed by atoms with Crippen molar-refractivity contribution in [2.45, 2.75) is 58.3 Å². The highest BCUT2D eigenvalue weighted by Crippen LogP contribution is 2.18. The maximum absolute atomic E-state index is 14.2. The minimum absolute atomic E-state index is 0.0177. The molecule has 33 heavy (non-hydrogen) atoms. The van der Waals surface area contributed by atoms with Gasteiger partial charge in [-0.25, -0.2) is 23.4 Å². The number of amides is 2. The lowest BCUT2D eigenvalue weighted by Crippen LogP contribution is -2.45. The van der Waals surface area contributed by atoms with Crippen LogP contribution in [0.2, 0.25) is 0 Å². The van der Waals surface area contributed by atoms with E-state index >= 15 is 0 Å². The van der Waals surface area contributed by atoms with Crippen LogP contribution >= 0.6 is 0 Å². The number of carboxylic acids is 1. The molecule has 1 aliphatic rings. The fourth-order valence-corrected chi connectivity index (χ4v) is 3.52. The molecule has 0 bridgehead atoms. The summed E-state index contributed by atoms with van der Waals surface area (Å²) in [5, 5.41) is 11.7. The number of rotatable bonds is 6. The number of aromatic nitrogens is 2. The fourth-order valence-electron chi connectivity index (χ4n) is 3.52. The molecule has 11 heteroatoms. The molecule has 0 saturated carbocycles. The largest absolute Gasteiger partial charge is 0.476 e. The van der Waals surface area contributed by atoms with E-state index in [1.807, 2.05) is 0 Å². The zero-order valence-corrected chi connectivity index (χ0v) is 18.6. The van der Waals surface area contributed by atoms with Crippen LogP contribution in [0.4, 0.5) is 13.6 Å². The van der Waals surface area contributed by atoms with Crippen LogP contribution < -0.4 is 5.32 Å². The summed E-state index contributed by atoms with van der Waals surface area (Å²) in [6, 6.07) is 2.14. The number of aromatic carboxylic acids is 1. The van der Waals surface area contributed by atoms with Crippen LogP contribution in [0.15, 0.2) is 24.4 Å². The molecule has 1 atom stereocenters. The predicted octanol–water partition coefficient (Wildman–Crippen LogP) is 2.73. The minimum Gasteiger partial charge on any atom is -0.476 e. The first-order valence-corrected chi connectivity index (χ1v) is 10.4. The number of nitrogens with zero attached hydrogens (tertiary/aromatic N) is 3. The second kappa shape index (κ2) is 9.55. The first kappa shape index (κ1) is 24.1. The highest BCUT2D eigenvalue weighted by Gasteiger charge is 2.28. The second-order valence-electron chi connectivity index (χ2n) is 8.84. The molecule has 0 spiro atoms. The highest BCUT2D eigenvalue weighted by molar-refractivity contribution is 5.85. The van der Waals surface area contributed by atoms with E-state index in [4.69, 9.17) is 9.84 Å². The van der Waals surface area contributed by atoms with Crippen molar-refractivity contribution >= 4 is 18.0 Å². The Morgan fingerprint density at radius 1 is 1.24 bits per heavy atom. The molecule has 0 radical (unpaired) electrons. The quantitative estimate of drug-likeness (QED) is 0.680. The summed E-state index contributed by atoms with van der Waals surface area (Å²) in [7, 11) is 0. The summed E-state index contributed by atoms with van der Waals surface area (Å²) >= 11 is 0. The molecule has 3 rings (SSSR count). The maximum atomic E-state index is 14.2. The molecule has 2 heterocycles. The van der Waals surface area contributed by atoms with E-state index in [-0.39, 0.29) is 36.6 Å². The van der Waals surface area contributed by atoms with Crippen LogP contribution in [0.5, 0.6) is 0 Å². The maximum Gasteiger partial charge on any atom is 0.407 e. The van der Waals surface area contributed by atoms with Gasteiger partial charge in [0.15, 0.2) is 5.69 Å². The Labute approximate surface area is 189 Å². The smallest absolute Gasteiger partial charge is 0.407 e. The first-order valence-electron chi connectivity index (χ1n) is 10.4. The molecule has 1 unspecified atom stereocenters. The number of alkyl carbamates (subject to hydrolysis) is 1. The number of halogens is 2. The third-order valence-corrected chi connectivity index (χ3v) is 4.99. The Morgan fingerprint density at radius 2 is 1.97 bits per heavy atom. The van der Waals surface area contributed by atoms with E-state index in [9.17, 15) is 23.2 Å². The number of carbonyl (C=O) groups is 3. The average molecular weight is 464 g/mol. The fraction of sp³-hybridized carbons (Fsp3) is 0.455. The van der Waals surface area contributed by atoms with Crippen LogP contribution in [0.1, 0.15) is 49.1 Å². The van der Waals surface area contributed by atoms with E-state index < -0.39 is 35.3 Å². The van der Waals surface area contributed by atoms with Crippen molar-refractivity contribution in [3.63, 3.8) is 0 Å². The number of hydrogen-bond acceptors (Lipinski definition) is 5. The Bertz CT molecular complexity index is 1060. The van der Waals surface area contributed by atoms with Gasteiger partial charge in [-0.15, -0.1) is 0 Å². The van der Waals surface area contributed by atoms with Crippen molar-refractivity contribution in [3.8, 4) is 0 Å². The third-order valence-electron chi connectivity index (χ3n) is 4.99. The topological polar surface area (TPSA) is 114 Å². The molecular formula is C22H26F2N4O5. The normalized spacial score (nSPS) is 14.4. The highest BCUT2D eigenvalue weighted by atomic mass is 19.1. The molecule has 178 valence electrons. The SMILES string of the molecule is CC(C)(C)OC(=O)NC(CC(=O)N1CCn2cc(C(=O)O)nc2C1)Cc1cc(F)ccc1F. The molecular weight excluding hydrogens is 438 g/mol. The summed E-state index contributed by atoms with van der Waals surface area (Å²) in [5.74, 6) is -2.36. The zero-order valence-electron chi connectivity index (χ0n) is 18.6. The summed E-state index contributed by atoms with van der Waals surface area (Å²) in [4.78, 5) is 41.9. The van der Waals surface area contributed by atoms with Gasteiger partial charge in [0.25, 0.3) is 0 Å². The number of ether oxygens (including phenoxy) is 1. The lowest BCUT2D eigenvalue weighted by atomic mass is 10.0. The zero-order chi connectivity index (χ0) is 24.3. The lowest BCUT2D eigenvalue weighted by molar-refractivity contribution is -0.133. The van der Waals surface area contributed by atoms with Gasteiger partial charge in [-0.05, 0) is 51.0 Å². The standard InChI is InChI=1S/C22H26F2N4O5/c1-22(2,3)33-21(32)25-15(9-13-8-14(23)4-5-16(13)24)10-19(29)28-7-6-27-11-17(20(30)31)26-18(27)12-28/h4-5,8,11,15H,6-7,9-10,12H2,1-3H3,(H,25,32)(H,30,31). The number of imidazole rings is 1. The van der Waals surface area contributed by atoms with Gasteiger partial charge in [0, 0.05) is 31.7 Å². The van der Waals surface area contributed by atoms with Gasteiger partial charge in [-0.1, -0.05) is 0 Å². The van der Waals surface area contributed by atoms with E-state index in [1.54, 1.807) is 25.3 Å². The molecule has 1 aromatic heterocycles. The number of carbonyl (C=O) groups excluding carboxylic acids is 2. The molecule has 1 aromatic carbocycles. The van der Waals surface area contributed by atoms with Gasteiger partial charge >= 0.3 is 12.1 Å². The van der Waals surface area contributed by atoms with Gasteiger partial charge in [-0.3, -0.25) is 4.79 Å². The number of benzene rings is 1. The summed E-state index contributed by atoms with van der Waals surface area (Å²) in [6.07, 6.45) is 0.318. The van der Waals surface area contributed by atoms with E-state index in [1.165, 1.54) is 11.1 Å². The molecule has 2 N–H and O–H groups in total. The molecule has 9 nitrogen and oxygen atoms in total.